The van der Waals surface area contributed by atoms with Gasteiger partial charge in [0.25, 0.3) is 0 Å². The molecule has 132 heavy (non-hydrogen) atoms. The van der Waals surface area contributed by atoms with Crippen molar-refractivity contribution >= 4 is 116 Å². The number of H-pyrrole nitrogens is 5. The predicted molar refractivity (Wildman–Crippen MR) is 495 cm³/mol. The van der Waals surface area contributed by atoms with Crippen LogP contribution < -0.4 is 14.2 Å². The lowest BCUT2D eigenvalue weighted by Gasteiger charge is -2.32. The summed E-state index contributed by atoms with van der Waals surface area (Å²) >= 11 is 0. The van der Waals surface area contributed by atoms with Gasteiger partial charge < -0.3 is 63.5 Å². The second-order valence-corrected chi connectivity index (χ2v) is 34.4. The molecule has 31 nitrogen and oxygen atoms in total. The second-order valence-electron chi connectivity index (χ2n) is 34.4. The monoisotopic (exact) mass is 1780 g/mol. The van der Waals surface area contributed by atoms with Crippen LogP contribution in [0.2, 0.25) is 0 Å². The highest BCUT2D eigenvalue weighted by molar-refractivity contribution is 6.13. The van der Waals surface area contributed by atoms with Crippen LogP contribution >= 0.6 is 0 Å². The Bertz CT molecular complexity index is 7000. The maximum absolute atomic E-state index is 12.6. The predicted octanol–water partition coefficient (Wildman–Crippen LogP) is 16.4. The first-order valence-electron chi connectivity index (χ1n) is 45.3. The van der Waals surface area contributed by atoms with E-state index in [0.717, 1.165) is 222 Å². The Morgan fingerprint density at radius 3 is 1.10 bits per heavy atom. The van der Waals surface area contributed by atoms with Crippen LogP contribution in [0, 0.1) is 79.8 Å². The summed E-state index contributed by atoms with van der Waals surface area (Å²) in [5.41, 5.74) is 13.5. The van der Waals surface area contributed by atoms with E-state index in [1.54, 1.807) is 55.5 Å². The van der Waals surface area contributed by atoms with E-state index in [9.17, 15) is 49.5 Å². The Labute approximate surface area is 759 Å². The van der Waals surface area contributed by atoms with Gasteiger partial charge in [0.1, 0.15) is 94.4 Å². The minimum absolute atomic E-state index is 0.0176. The van der Waals surface area contributed by atoms with Crippen molar-refractivity contribution in [3.05, 3.63) is 161 Å². The van der Waals surface area contributed by atoms with E-state index in [1.165, 1.54) is 42.8 Å². The molecule has 0 aliphatic carbocycles. The van der Waals surface area contributed by atoms with Crippen molar-refractivity contribution in [3.8, 4) is 53.7 Å². The first-order chi connectivity index (χ1) is 64.2. The molecule has 5 aliphatic rings. The molecule has 20 heterocycles. The number of carbonyl (C=O) groups excluding carboxylic acids is 1. The molecule has 676 valence electrons. The quantitative estimate of drug-likeness (QED) is 0.0529. The zero-order valence-electron chi connectivity index (χ0n) is 74.9. The van der Waals surface area contributed by atoms with E-state index >= 15 is 0 Å². The van der Waals surface area contributed by atoms with E-state index in [1.807, 2.05) is 24.4 Å². The van der Waals surface area contributed by atoms with Crippen molar-refractivity contribution in [1.82, 2.24) is 99.3 Å². The standard InChI is InChI=1S/C21H25N5O.C20H21N5O3.C19H18F3N5.C19H18N6O.C19H21N5/c1-4-26-7-5-15(6-8-26)27-20-17(10-22)23-12-18-19(20)16-9-14(13(2)3)11-24-21(16)25-18;1-3-25-6-4-13(5-7-25)28-18-15(9-21)22-11-16-17(18)14-8-12(20(26)27-2)10-23-19(14)24-16;20-19(21,22)11-27-6-3-12(4-7-27)8-14-15(9-23)25-10-16-17(14)13-2-1-5-24-18(13)26-16;1-2-25-5-3-13(4-6-25)26-18-15(9-21)22-11-16-17(18)14-7-12(8-20)10-23-19(14)24-16;1-2-24-8-5-13(6-9-24)10-15-16(11-20)22-12-17-18(15)14-4-3-7-21-19(14)23-17/h9,11-13,15H,4-8H2,1-3H3,(H,24,25);8,10-11,13H,3-7H2,1-2H3,(H,23,24);1-2,5,10,12H,3-4,6-8,11H2,(H,24,26);7,10-11,13H,2-6H2,1H3,(H,23,24);3-4,7,12-13H,2,5-6,8-10H2,1H3,(H,21,23). The molecule has 0 unspecified atom stereocenters. The van der Waals surface area contributed by atoms with Crippen molar-refractivity contribution < 1.29 is 36.9 Å². The number of hydrogen-bond acceptors (Lipinski definition) is 26. The van der Waals surface area contributed by atoms with Crippen LogP contribution in [-0.4, -0.2) is 235 Å². The SMILES string of the molecule is CCN1CCC(Cc2c(C#N)ncc3[nH]c4ncccc4c23)CC1.CCN1CCC(Oc2c(C#N)ncc3[nH]c4ncc(C#N)cc4c23)CC1.CCN1CCC(Oc2c(C#N)ncc3[nH]c4ncc(C(=O)OC)cc4c23)CC1.CCN1CCC(Oc2c(C#N)ncc3[nH]c4ncc(C(C)C)cc4c23)CC1.N#Cc1ncc2[nH]c3ncccc3c2c1CC1CCN(CC(F)(F)F)CC1. The van der Waals surface area contributed by atoms with Gasteiger partial charge in [-0.3, -0.25) is 4.90 Å². The van der Waals surface area contributed by atoms with Gasteiger partial charge in [-0.25, -0.2) is 54.6 Å². The molecular formula is C98H103F3N26O5. The third kappa shape index (κ3) is 20.0. The van der Waals surface area contributed by atoms with Crippen molar-refractivity contribution in [3.63, 3.8) is 0 Å². The van der Waals surface area contributed by atoms with Crippen LogP contribution in [-0.2, 0) is 17.6 Å². The molecule has 0 amide bonds. The zero-order chi connectivity index (χ0) is 92.3. The number of aromatic amines is 5. The van der Waals surface area contributed by atoms with E-state index in [4.69, 9.17) is 18.9 Å². The smallest absolute Gasteiger partial charge is 0.401 e. The van der Waals surface area contributed by atoms with Crippen molar-refractivity contribution in [2.75, 3.05) is 105 Å². The molecule has 5 aliphatic heterocycles. The summed E-state index contributed by atoms with van der Waals surface area (Å²) in [7, 11) is 1.33. The summed E-state index contributed by atoms with van der Waals surface area (Å²) in [6, 6.07) is 26.5. The number of likely N-dealkylation sites (tertiary alicyclic amines) is 5. The molecule has 15 aromatic rings. The minimum Gasteiger partial charge on any atom is -0.487 e. The summed E-state index contributed by atoms with van der Waals surface area (Å²) in [6.07, 6.45) is 23.6. The highest BCUT2D eigenvalue weighted by atomic mass is 19.4. The number of nitriles is 6. The van der Waals surface area contributed by atoms with Gasteiger partial charge in [0.2, 0.25) is 0 Å². The molecule has 5 saturated heterocycles. The van der Waals surface area contributed by atoms with Crippen molar-refractivity contribution in [2.45, 2.75) is 149 Å². The van der Waals surface area contributed by atoms with Crippen LogP contribution in [0.1, 0.15) is 173 Å². The number of nitrogens with zero attached hydrogens (tertiary/aromatic N) is 21. The summed E-state index contributed by atoms with van der Waals surface area (Å²) in [6.45, 7) is 25.5. The zero-order valence-corrected chi connectivity index (χ0v) is 74.9. The third-order valence-corrected chi connectivity index (χ3v) is 26.2. The van der Waals surface area contributed by atoms with Crippen LogP contribution in [0.25, 0.3) is 110 Å². The number of piperidine rings is 5. The molecule has 0 atom stereocenters. The molecular weight excluding hydrogens is 1680 g/mol. The fraction of sp³-hybridized carbons (Fsp3) is 0.418. The number of methoxy groups -OCH3 is 1. The molecule has 0 aromatic carbocycles. The van der Waals surface area contributed by atoms with Gasteiger partial charge in [-0.1, -0.05) is 41.5 Å². The van der Waals surface area contributed by atoms with E-state index in [2.05, 4.69) is 184 Å². The van der Waals surface area contributed by atoms with Crippen LogP contribution in [0.15, 0.2) is 104 Å². The van der Waals surface area contributed by atoms with Crippen LogP contribution in [0.3, 0.4) is 0 Å². The topological polar surface area (TPSA) is 421 Å². The molecule has 0 bridgehead atoms. The summed E-state index contributed by atoms with van der Waals surface area (Å²) in [5, 5.41) is 66.0. The molecule has 5 N–H and O–H groups in total. The number of nitrogens with one attached hydrogen (secondary N) is 5. The Morgan fingerprint density at radius 1 is 0.409 bits per heavy atom. The number of rotatable bonds is 17. The molecule has 0 spiro atoms. The average molecular weight is 1780 g/mol. The third-order valence-electron chi connectivity index (χ3n) is 26.2. The Morgan fingerprint density at radius 2 is 0.742 bits per heavy atom. The van der Waals surface area contributed by atoms with Crippen molar-refractivity contribution in [1.29, 1.82) is 31.6 Å². The Hall–Kier alpha value is -14.1. The fourth-order valence-electron chi connectivity index (χ4n) is 18.8. The van der Waals surface area contributed by atoms with Gasteiger partial charge in [0.05, 0.1) is 99.5 Å². The Kier molecular flexibility index (Phi) is 28.3. The van der Waals surface area contributed by atoms with Gasteiger partial charge in [-0.2, -0.15) is 44.7 Å². The molecule has 0 radical (unpaired) electrons. The largest absolute Gasteiger partial charge is 0.487 e. The van der Waals surface area contributed by atoms with Crippen molar-refractivity contribution in [2.24, 2.45) is 11.8 Å². The van der Waals surface area contributed by atoms with E-state index < -0.39 is 18.7 Å². The lowest BCUT2D eigenvalue weighted by Crippen LogP contribution is -2.40. The number of alkyl halides is 3. The van der Waals surface area contributed by atoms with Gasteiger partial charge in [0.15, 0.2) is 34.3 Å². The molecule has 20 rings (SSSR count). The molecule has 34 heteroatoms. The number of ether oxygens (including phenoxy) is 4. The van der Waals surface area contributed by atoms with E-state index in [0.29, 0.717) is 112 Å². The summed E-state index contributed by atoms with van der Waals surface area (Å²) in [5.74, 6) is 2.30. The van der Waals surface area contributed by atoms with Crippen LogP contribution in [0.5, 0.6) is 17.2 Å². The summed E-state index contributed by atoms with van der Waals surface area (Å²) < 4.78 is 61.5. The fourth-order valence-corrected chi connectivity index (χ4v) is 18.8. The number of pyridine rings is 10. The lowest BCUT2D eigenvalue weighted by atomic mass is 9.88. The van der Waals surface area contributed by atoms with E-state index in [-0.39, 0.29) is 35.6 Å². The average Bonchev–Trinajstić information content (AvgIpc) is 1.70. The van der Waals surface area contributed by atoms with Gasteiger partial charge in [-0.05, 0) is 206 Å². The maximum Gasteiger partial charge on any atom is 0.401 e. The maximum atomic E-state index is 12.6. The van der Waals surface area contributed by atoms with Gasteiger partial charge >= 0.3 is 12.1 Å². The highest BCUT2D eigenvalue weighted by Gasteiger charge is 2.35. The number of hydrogen-bond donors (Lipinski definition) is 5. The summed E-state index contributed by atoms with van der Waals surface area (Å²) in [4.78, 5) is 82.7. The van der Waals surface area contributed by atoms with Gasteiger partial charge in [0, 0.05) is 108 Å². The highest BCUT2D eigenvalue weighted by Crippen LogP contribution is 2.42. The number of esters is 1. The first kappa shape index (κ1) is 91.2. The lowest BCUT2D eigenvalue weighted by molar-refractivity contribution is -0.148. The number of fused-ring (bicyclic) bond motifs is 15. The first-order valence-corrected chi connectivity index (χ1v) is 45.3. The molecule has 5 fully saturated rings. The minimum atomic E-state index is -4.16. The molecule has 0 saturated carbocycles. The number of carbonyl (C=O) groups is 1. The van der Waals surface area contributed by atoms with Gasteiger partial charge in [-0.15, -0.1) is 0 Å². The second kappa shape index (κ2) is 40.9. The normalized spacial score (nSPS) is 16.2. The van der Waals surface area contributed by atoms with Crippen LogP contribution in [0.4, 0.5) is 13.2 Å². The number of halogens is 3. The number of aromatic nitrogens is 15. The molecule has 15 aromatic heterocycles. The Balaban J connectivity index is 0.000000120.